The van der Waals surface area contributed by atoms with Crippen molar-refractivity contribution in [2.75, 3.05) is 18.6 Å². The number of hydrogen-bond donors (Lipinski definition) is 1. The highest BCUT2D eigenvalue weighted by Gasteiger charge is 2.32. The first-order valence-corrected chi connectivity index (χ1v) is 10.0. The van der Waals surface area contributed by atoms with E-state index >= 15 is 0 Å². The molecule has 0 saturated heterocycles. The molecule has 0 bridgehead atoms. The summed E-state index contributed by atoms with van der Waals surface area (Å²) < 4.78 is 5.18. The van der Waals surface area contributed by atoms with Crippen LogP contribution in [0.3, 0.4) is 0 Å². The molecule has 1 N–H and O–H groups in total. The monoisotopic (exact) mass is 400 g/mol. The molecular weight excluding hydrogens is 376 g/mol. The van der Waals surface area contributed by atoms with Crippen molar-refractivity contribution in [2.24, 2.45) is 0 Å². The standard InChI is InChI=1S/C25H24N2O3/c1-30-20-13-11-19(12-14-20)25(29)27-16-15-22(21-9-5-6-10-23(21)27)24(28)26-17-18-7-3-2-4-8-18/h2-14,22H,15-17H2,1H3,(H,26,28)/t22-/m0/s1. The average molecular weight is 400 g/mol. The van der Waals surface area contributed by atoms with Crippen LogP contribution in [-0.2, 0) is 11.3 Å². The van der Waals surface area contributed by atoms with Crippen LogP contribution in [0, 0.1) is 0 Å². The molecule has 0 saturated carbocycles. The Morgan fingerprint density at radius 2 is 1.67 bits per heavy atom. The summed E-state index contributed by atoms with van der Waals surface area (Å²) in [5.41, 5.74) is 3.34. The van der Waals surface area contributed by atoms with E-state index in [0.717, 1.165) is 16.8 Å². The predicted molar refractivity (Wildman–Crippen MR) is 117 cm³/mol. The quantitative estimate of drug-likeness (QED) is 0.700. The van der Waals surface area contributed by atoms with Gasteiger partial charge in [0.2, 0.25) is 5.91 Å². The molecule has 30 heavy (non-hydrogen) atoms. The number of ether oxygens (including phenoxy) is 1. The zero-order valence-electron chi connectivity index (χ0n) is 16.9. The normalized spacial score (nSPS) is 15.2. The van der Waals surface area contributed by atoms with E-state index in [0.29, 0.717) is 30.8 Å². The Bertz CT molecular complexity index is 1030. The topological polar surface area (TPSA) is 58.6 Å². The summed E-state index contributed by atoms with van der Waals surface area (Å²) in [6, 6.07) is 24.6. The number of para-hydroxylation sites is 1. The largest absolute Gasteiger partial charge is 0.497 e. The van der Waals surface area contributed by atoms with Crippen molar-refractivity contribution in [2.45, 2.75) is 18.9 Å². The number of carbonyl (C=O) groups excluding carboxylic acids is 2. The summed E-state index contributed by atoms with van der Waals surface area (Å²) in [5, 5.41) is 3.04. The molecule has 0 fully saturated rings. The molecule has 152 valence electrons. The number of carbonyl (C=O) groups is 2. The second-order valence-electron chi connectivity index (χ2n) is 7.29. The summed E-state index contributed by atoms with van der Waals surface area (Å²) >= 11 is 0. The van der Waals surface area contributed by atoms with Crippen molar-refractivity contribution in [1.29, 1.82) is 0 Å². The van der Waals surface area contributed by atoms with Gasteiger partial charge in [-0.3, -0.25) is 9.59 Å². The summed E-state index contributed by atoms with van der Waals surface area (Å²) in [6.45, 7) is 0.984. The third-order valence-corrected chi connectivity index (χ3v) is 5.45. The molecule has 5 nitrogen and oxygen atoms in total. The van der Waals surface area contributed by atoms with Crippen LogP contribution < -0.4 is 15.0 Å². The second-order valence-corrected chi connectivity index (χ2v) is 7.29. The molecule has 0 aliphatic carbocycles. The van der Waals surface area contributed by atoms with E-state index in [4.69, 9.17) is 4.74 Å². The van der Waals surface area contributed by atoms with Crippen molar-refractivity contribution in [3.05, 3.63) is 95.6 Å². The molecular formula is C25H24N2O3. The van der Waals surface area contributed by atoms with Gasteiger partial charge in [0.05, 0.1) is 13.0 Å². The first kappa shape index (κ1) is 19.7. The molecule has 0 unspecified atom stereocenters. The van der Waals surface area contributed by atoms with Gasteiger partial charge in [-0.25, -0.2) is 0 Å². The van der Waals surface area contributed by atoms with Gasteiger partial charge in [0.15, 0.2) is 0 Å². The minimum absolute atomic E-state index is 0.0113. The molecule has 1 aliphatic rings. The molecule has 0 radical (unpaired) electrons. The molecule has 1 atom stereocenters. The summed E-state index contributed by atoms with van der Waals surface area (Å²) in [6.07, 6.45) is 0.583. The average Bonchev–Trinajstić information content (AvgIpc) is 2.82. The first-order valence-electron chi connectivity index (χ1n) is 10.0. The van der Waals surface area contributed by atoms with E-state index in [-0.39, 0.29) is 17.7 Å². The highest BCUT2D eigenvalue weighted by atomic mass is 16.5. The lowest BCUT2D eigenvalue weighted by Gasteiger charge is -2.34. The van der Waals surface area contributed by atoms with Crippen LogP contribution in [0.2, 0.25) is 0 Å². The predicted octanol–water partition coefficient (Wildman–Crippen LogP) is 4.15. The number of nitrogens with zero attached hydrogens (tertiary/aromatic N) is 1. The van der Waals surface area contributed by atoms with Crippen molar-refractivity contribution >= 4 is 17.5 Å². The minimum Gasteiger partial charge on any atom is -0.497 e. The van der Waals surface area contributed by atoms with Gasteiger partial charge in [-0.1, -0.05) is 48.5 Å². The Kier molecular flexibility index (Phi) is 5.80. The molecule has 1 aliphatic heterocycles. The van der Waals surface area contributed by atoms with Gasteiger partial charge < -0.3 is 15.0 Å². The third kappa shape index (κ3) is 4.06. The maximum atomic E-state index is 13.1. The number of anilines is 1. The van der Waals surface area contributed by atoms with E-state index < -0.39 is 0 Å². The number of nitrogens with one attached hydrogen (secondary N) is 1. The molecule has 0 aromatic heterocycles. The minimum atomic E-state index is -0.273. The van der Waals surface area contributed by atoms with Gasteiger partial charge in [-0.05, 0) is 47.9 Å². The summed E-state index contributed by atoms with van der Waals surface area (Å²) in [5.74, 6) is 0.349. The number of hydrogen-bond acceptors (Lipinski definition) is 3. The van der Waals surface area contributed by atoms with Gasteiger partial charge >= 0.3 is 0 Å². The zero-order valence-corrected chi connectivity index (χ0v) is 16.9. The van der Waals surface area contributed by atoms with E-state index in [1.807, 2.05) is 54.6 Å². The van der Waals surface area contributed by atoms with E-state index in [1.54, 1.807) is 36.3 Å². The molecule has 2 amide bonds. The molecule has 5 heteroatoms. The van der Waals surface area contributed by atoms with E-state index in [2.05, 4.69) is 5.32 Å². The van der Waals surface area contributed by atoms with Crippen LogP contribution in [0.1, 0.15) is 33.8 Å². The number of rotatable bonds is 5. The highest BCUT2D eigenvalue weighted by Crippen LogP contribution is 2.36. The van der Waals surface area contributed by atoms with Gasteiger partial charge in [0.25, 0.3) is 5.91 Å². The molecule has 0 spiro atoms. The molecule has 4 rings (SSSR count). The third-order valence-electron chi connectivity index (χ3n) is 5.45. The Balaban J connectivity index is 1.53. The number of fused-ring (bicyclic) bond motifs is 1. The van der Waals surface area contributed by atoms with Crippen molar-refractivity contribution in [3.63, 3.8) is 0 Å². The van der Waals surface area contributed by atoms with Crippen molar-refractivity contribution in [1.82, 2.24) is 5.32 Å². The lowest BCUT2D eigenvalue weighted by molar-refractivity contribution is -0.122. The molecule has 3 aromatic carbocycles. The fourth-order valence-electron chi connectivity index (χ4n) is 3.84. The Morgan fingerprint density at radius 1 is 0.967 bits per heavy atom. The lowest BCUT2D eigenvalue weighted by Crippen LogP contribution is -2.40. The summed E-state index contributed by atoms with van der Waals surface area (Å²) in [7, 11) is 1.60. The summed E-state index contributed by atoms with van der Waals surface area (Å²) in [4.78, 5) is 27.8. The van der Waals surface area contributed by atoms with E-state index in [1.165, 1.54) is 0 Å². The fourth-order valence-corrected chi connectivity index (χ4v) is 3.84. The van der Waals surface area contributed by atoms with Gasteiger partial charge in [0, 0.05) is 24.3 Å². The Morgan fingerprint density at radius 3 is 2.40 bits per heavy atom. The lowest BCUT2D eigenvalue weighted by atomic mass is 9.88. The fraction of sp³-hybridized carbons (Fsp3) is 0.200. The SMILES string of the molecule is COc1ccc(C(=O)N2CC[C@H](C(=O)NCc3ccccc3)c3ccccc32)cc1. The van der Waals surface area contributed by atoms with Gasteiger partial charge in [0.1, 0.15) is 5.75 Å². The Hall–Kier alpha value is -3.60. The van der Waals surface area contributed by atoms with Crippen LogP contribution in [0.4, 0.5) is 5.69 Å². The second kappa shape index (κ2) is 8.82. The van der Waals surface area contributed by atoms with Crippen molar-refractivity contribution < 1.29 is 14.3 Å². The Labute approximate surface area is 176 Å². The smallest absolute Gasteiger partial charge is 0.258 e. The van der Waals surface area contributed by atoms with E-state index in [9.17, 15) is 9.59 Å². The van der Waals surface area contributed by atoms with Crippen LogP contribution in [0.15, 0.2) is 78.9 Å². The van der Waals surface area contributed by atoms with Crippen LogP contribution >= 0.6 is 0 Å². The maximum absolute atomic E-state index is 13.1. The highest BCUT2D eigenvalue weighted by molar-refractivity contribution is 6.07. The van der Waals surface area contributed by atoms with Crippen LogP contribution in [0.25, 0.3) is 0 Å². The van der Waals surface area contributed by atoms with Gasteiger partial charge in [-0.2, -0.15) is 0 Å². The van der Waals surface area contributed by atoms with Crippen molar-refractivity contribution in [3.8, 4) is 5.75 Å². The van der Waals surface area contributed by atoms with Crippen LogP contribution in [0.5, 0.6) is 5.75 Å². The van der Waals surface area contributed by atoms with Crippen LogP contribution in [-0.4, -0.2) is 25.5 Å². The maximum Gasteiger partial charge on any atom is 0.258 e. The zero-order chi connectivity index (χ0) is 20.9. The molecule has 3 aromatic rings. The number of amides is 2. The molecule has 1 heterocycles. The number of benzene rings is 3. The first-order chi connectivity index (χ1) is 14.7. The van der Waals surface area contributed by atoms with Gasteiger partial charge in [-0.15, -0.1) is 0 Å². The number of methoxy groups -OCH3 is 1.